The van der Waals surface area contributed by atoms with Crippen LogP contribution in [0.4, 0.5) is 17.3 Å². The Bertz CT molecular complexity index is 994. The Labute approximate surface area is 159 Å². The molecule has 1 N–H and O–H groups in total. The minimum absolute atomic E-state index is 0.0140. The lowest BCUT2D eigenvalue weighted by Crippen LogP contribution is -2.36. The van der Waals surface area contributed by atoms with Gasteiger partial charge in [-0.3, -0.25) is 4.79 Å². The van der Waals surface area contributed by atoms with Gasteiger partial charge in [0.05, 0.1) is 11.3 Å². The van der Waals surface area contributed by atoms with Crippen LogP contribution in [0.25, 0.3) is 0 Å². The first-order valence-electron chi connectivity index (χ1n) is 9.13. The van der Waals surface area contributed by atoms with Crippen LogP contribution in [0.5, 0.6) is 0 Å². The second-order valence-electron chi connectivity index (χ2n) is 7.00. The number of aryl methyl sites for hydroxylation is 2. The van der Waals surface area contributed by atoms with E-state index in [1.807, 2.05) is 67.3 Å². The Hall–Kier alpha value is -3.21. The van der Waals surface area contributed by atoms with Crippen LogP contribution in [-0.2, 0) is 6.42 Å². The van der Waals surface area contributed by atoms with E-state index in [0.29, 0.717) is 17.2 Å². The highest BCUT2D eigenvalue weighted by Gasteiger charge is 2.32. The first kappa shape index (κ1) is 17.2. The third-order valence-electron chi connectivity index (χ3n) is 4.81. The molecule has 0 fully saturated rings. The number of fused-ring (bicyclic) bond motifs is 1. The van der Waals surface area contributed by atoms with Crippen LogP contribution in [0.1, 0.15) is 34.2 Å². The van der Waals surface area contributed by atoms with Crippen molar-refractivity contribution in [3.05, 3.63) is 77.1 Å². The maximum Gasteiger partial charge on any atom is 0.260 e. The Morgan fingerprint density at radius 3 is 2.48 bits per heavy atom. The highest BCUT2D eigenvalue weighted by atomic mass is 16.2. The molecule has 0 radical (unpaired) electrons. The van der Waals surface area contributed by atoms with Crippen LogP contribution in [0.15, 0.2) is 54.6 Å². The number of para-hydroxylation sites is 2. The molecule has 1 unspecified atom stereocenters. The predicted molar refractivity (Wildman–Crippen MR) is 108 cm³/mol. The average Bonchev–Trinajstić information content (AvgIpc) is 2.96. The van der Waals surface area contributed by atoms with Gasteiger partial charge < -0.3 is 10.2 Å². The summed E-state index contributed by atoms with van der Waals surface area (Å²) in [7, 11) is 0. The van der Waals surface area contributed by atoms with Crippen LogP contribution >= 0.6 is 0 Å². The largest absolute Gasteiger partial charge is 0.323 e. The summed E-state index contributed by atoms with van der Waals surface area (Å²) in [5, 5.41) is 3.23. The number of rotatable bonds is 3. The second kappa shape index (κ2) is 6.83. The number of aromatic nitrogens is 2. The summed E-state index contributed by atoms with van der Waals surface area (Å²) in [5.74, 6) is 0.488. The fourth-order valence-corrected chi connectivity index (χ4v) is 3.69. The summed E-state index contributed by atoms with van der Waals surface area (Å²) in [5.41, 5.74) is 5.30. The van der Waals surface area contributed by atoms with Crippen LogP contribution in [-0.4, -0.2) is 21.9 Å². The van der Waals surface area contributed by atoms with E-state index in [2.05, 4.69) is 28.3 Å². The van der Waals surface area contributed by atoms with Crippen molar-refractivity contribution in [2.24, 2.45) is 0 Å². The molecule has 2 aromatic carbocycles. The van der Waals surface area contributed by atoms with E-state index < -0.39 is 0 Å². The van der Waals surface area contributed by atoms with Gasteiger partial charge in [-0.15, -0.1) is 0 Å². The summed E-state index contributed by atoms with van der Waals surface area (Å²) in [6, 6.07) is 17.7. The second-order valence-corrected chi connectivity index (χ2v) is 7.00. The highest BCUT2D eigenvalue weighted by molar-refractivity contribution is 6.11. The molecule has 5 heteroatoms. The van der Waals surface area contributed by atoms with Gasteiger partial charge in [0, 0.05) is 23.1 Å². The number of anilines is 3. The van der Waals surface area contributed by atoms with Crippen LogP contribution in [0.2, 0.25) is 0 Å². The molecule has 27 heavy (non-hydrogen) atoms. The fourth-order valence-electron chi connectivity index (χ4n) is 3.69. The molecular weight excluding hydrogens is 336 g/mol. The first-order chi connectivity index (χ1) is 13.0. The first-order valence-corrected chi connectivity index (χ1v) is 9.13. The molecular formula is C22H22N4O. The number of carbonyl (C=O) groups is 1. The molecule has 1 amide bonds. The Morgan fingerprint density at radius 2 is 1.70 bits per heavy atom. The predicted octanol–water partition coefficient (Wildman–Crippen LogP) is 4.43. The Morgan fingerprint density at radius 1 is 1.04 bits per heavy atom. The van der Waals surface area contributed by atoms with E-state index in [0.717, 1.165) is 23.5 Å². The number of hydrogen-bond acceptors (Lipinski definition) is 4. The zero-order valence-electron chi connectivity index (χ0n) is 15.7. The molecule has 0 saturated heterocycles. The standard InChI is InChI=1S/C22H22N4O/c1-14-12-15(2)24-22(23-14)25-19-10-6-5-9-18(19)21(27)26-16(3)13-17-8-4-7-11-20(17)26/h4-12,16H,13H2,1-3H3,(H,23,24,25). The van der Waals surface area contributed by atoms with E-state index in [1.165, 1.54) is 5.56 Å². The highest BCUT2D eigenvalue weighted by Crippen LogP contribution is 2.34. The molecule has 2 heterocycles. The van der Waals surface area contributed by atoms with Crippen molar-refractivity contribution in [3.63, 3.8) is 0 Å². The van der Waals surface area contributed by atoms with Crippen molar-refractivity contribution >= 4 is 23.2 Å². The molecule has 1 aliphatic rings. The third kappa shape index (κ3) is 3.28. The van der Waals surface area contributed by atoms with Crippen LogP contribution in [0.3, 0.4) is 0 Å². The monoisotopic (exact) mass is 358 g/mol. The zero-order chi connectivity index (χ0) is 19.0. The third-order valence-corrected chi connectivity index (χ3v) is 4.81. The van der Waals surface area contributed by atoms with Gasteiger partial charge in [-0.2, -0.15) is 0 Å². The van der Waals surface area contributed by atoms with Gasteiger partial charge >= 0.3 is 0 Å². The lowest BCUT2D eigenvalue weighted by atomic mass is 10.1. The van der Waals surface area contributed by atoms with E-state index in [1.54, 1.807) is 0 Å². The summed E-state index contributed by atoms with van der Waals surface area (Å²) < 4.78 is 0. The molecule has 3 aromatic rings. The molecule has 5 nitrogen and oxygen atoms in total. The van der Waals surface area contributed by atoms with E-state index in [-0.39, 0.29) is 11.9 Å². The number of nitrogens with zero attached hydrogens (tertiary/aromatic N) is 3. The fraction of sp³-hybridized carbons (Fsp3) is 0.227. The maximum absolute atomic E-state index is 13.4. The van der Waals surface area contributed by atoms with Gasteiger partial charge in [0.2, 0.25) is 5.95 Å². The molecule has 0 spiro atoms. The van der Waals surface area contributed by atoms with Crippen LogP contribution < -0.4 is 10.2 Å². The minimum atomic E-state index is -0.0140. The summed E-state index contributed by atoms with van der Waals surface area (Å²) in [6.45, 7) is 5.94. The van der Waals surface area contributed by atoms with Crippen molar-refractivity contribution in [1.29, 1.82) is 0 Å². The van der Waals surface area contributed by atoms with E-state index in [4.69, 9.17) is 0 Å². The molecule has 0 aliphatic carbocycles. The summed E-state index contributed by atoms with van der Waals surface area (Å²) >= 11 is 0. The van der Waals surface area contributed by atoms with Crippen molar-refractivity contribution in [1.82, 2.24) is 9.97 Å². The minimum Gasteiger partial charge on any atom is -0.323 e. The lowest BCUT2D eigenvalue weighted by molar-refractivity contribution is 0.0982. The topological polar surface area (TPSA) is 58.1 Å². The van der Waals surface area contributed by atoms with Gasteiger partial charge in [-0.25, -0.2) is 9.97 Å². The van der Waals surface area contributed by atoms with Gasteiger partial charge in [-0.05, 0) is 57.0 Å². The Kier molecular flexibility index (Phi) is 4.36. The van der Waals surface area contributed by atoms with Gasteiger partial charge in [-0.1, -0.05) is 30.3 Å². The number of hydrogen-bond donors (Lipinski definition) is 1. The van der Waals surface area contributed by atoms with Crippen molar-refractivity contribution in [2.75, 3.05) is 10.2 Å². The zero-order valence-corrected chi connectivity index (χ0v) is 15.7. The van der Waals surface area contributed by atoms with Crippen LogP contribution in [0, 0.1) is 13.8 Å². The summed E-state index contributed by atoms with van der Waals surface area (Å²) in [6.07, 6.45) is 0.873. The molecule has 1 aliphatic heterocycles. The molecule has 0 bridgehead atoms. The number of nitrogens with one attached hydrogen (secondary N) is 1. The molecule has 4 rings (SSSR count). The van der Waals surface area contributed by atoms with Crippen molar-refractivity contribution < 1.29 is 4.79 Å². The lowest BCUT2D eigenvalue weighted by Gasteiger charge is -2.24. The number of carbonyl (C=O) groups excluding carboxylic acids is 1. The van der Waals surface area contributed by atoms with Crippen molar-refractivity contribution in [3.8, 4) is 0 Å². The van der Waals surface area contributed by atoms with Crippen molar-refractivity contribution in [2.45, 2.75) is 33.2 Å². The number of amides is 1. The normalized spacial score (nSPS) is 15.5. The maximum atomic E-state index is 13.4. The number of benzene rings is 2. The molecule has 1 aromatic heterocycles. The van der Waals surface area contributed by atoms with E-state index in [9.17, 15) is 4.79 Å². The smallest absolute Gasteiger partial charge is 0.260 e. The molecule has 136 valence electrons. The average molecular weight is 358 g/mol. The van der Waals surface area contributed by atoms with Gasteiger partial charge in [0.25, 0.3) is 5.91 Å². The SMILES string of the molecule is Cc1cc(C)nc(Nc2ccccc2C(=O)N2c3ccccc3CC2C)n1. The molecule has 0 saturated carbocycles. The molecule has 1 atom stereocenters. The summed E-state index contributed by atoms with van der Waals surface area (Å²) in [4.78, 5) is 24.2. The quantitative estimate of drug-likeness (QED) is 0.752. The van der Waals surface area contributed by atoms with Gasteiger partial charge in [0.1, 0.15) is 0 Å². The Balaban J connectivity index is 1.70. The van der Waals surface area contributed by atoms with Gasteiger partial charge in [0.15, 0.2) is 0 Å². The van der Waals surface area contributed by atoms with E-state index >= 15 is 0 Å².